The maximum absolute atomic E-state index is 5.65. The lowest BCUT2D eigenvalue weighted by Gasteiger charge is -2.25. The summed E-state index contributed by atoms with van der Waals surface area (Å²) in [5.74, 6) is 1.56. The quantitative estimate of drug-likeness (QED) is 0.805. The molecule has 1 aliphatic heterocycles. The van der Waals surface area contributed by atoms with Gasteiger partial charge in [0.2, 0.25) is 5.95 Å². The Morgan fingerprint density at radius 2 is 2.00 bits per heavy atom. The predicted molar refractivity (Wildman–Crippen MR) is 66.0 cm³/mol. The molecule has 1 fully saturated rings. The minimum absolute atomic E-state index is 0.151. The van der Waals surface area contributed by atoms with E-state index >= 15 is 0 Å². The Kier molecular flexibility index (Phi) is 3.63. The number of aromatic amines is 1. The normalized spacial score (nSPS) is 17.5. The van der Waals surface area contributed by atoms with Crippen molar-refractivity contribution in [1.82, 2.24) is 20.5 Å². The summed E-state index contributed by atoms with van der Waals surface area (Å²) in [6.07, 6.45) is 0. The molecule has 0 aliphatic carbocycles. The van der Waals surface area contributed by atoms with Crippen LogP contribution in [0, 0.1) is 0 Å². The highest BCUT2D eigenvalue weighted by molar-refractivity contribution is 5.29. The number of nitrogens with one attached hydrogen (secondary N) is 2. The minimum Gasteiger partial charge on any atom is -0.368 e. The van der Waals surface area contributed by atoms with E-state index in [9.17, 15) is 0 Å². The van der Waals surface area contributed by atoms with Crippen LogP contribution < -0.4 is 10.2 Å². The molecule has 96 valence electrons. The maximum Gasteiger partial charge on any atom is 0.244 e. The maximum atomic E-state index is 5.65. The molecule has 1 aliphatic rings. The lowest BCUT2D eigenvalue weighted by molar-refractivity contribution is -0.0179. The zero-order valence-corrected chi connectivity index (χ0v) is 10.8. The van der Waals surface area contributed by atoms with Crippen molar-refractivity contribution in [3.63, 3.8) is 0 Å². The van der Waals surface area contributed by atoms with Gasteiger partial charge in [0.15, 0.2) is 5.82 Å². The number of hydrogen-bond acceptors (Lipinski definition) is 5. The molecule has 1 aromatic heterocycles. The van der Waals surface area contributed by atoms with Gasteiger partial charge in [-0.3, -0.25) is 5.10 Å². The fourth-order valence-corrected chi connectivity index (χ4v) is 1.64. The highest BCUT2D eigenvalue weighted by Crippen LogP contribution is 2.12. The van der Waals surface area contributed by atoms with E-state index in [1.165, 1.54) is 0 Å². The fraction of sp³-hybridized carbons (Fsp3) is 0.818. The van der Waals surface area contributed by atoms with Crippen molar-refractivity contribution >= 4 is 5.95 Å². The molecule has 0 atom stereocenters. The monoisotopic (exact) mass is 239 g/mol. The number of anilines is 1. The van der Waals surface area contributed by atoms with E-state index in [0.717, 1.165) is 38.0 Å². The summed E-state index contributed by atoms with van der Waals surface area (Å²) in [6.45, 7) is 10.4. The highest BCUT2D eigenvalue weighted by atomic mass is 16.5. The molecule has 17 heavy (non-hydrogen) atoms. The molecule has 0 radical (unpaired) electrons. The second kappa shape index (κ2) is 5.01. The van der Waals surface area contributed by atoms with Crippen molar-refractivity contribution in [2.75, 3.05) is 31.1 Å². The average Bonchev–Trinajstić information content (AvgIpc) is 2.75. The van der Waals surface area contributed by atoms with Crippen molar-refractivity contribution in [3.8, 4) is 0 Å². The lowest BCUT2D eigenvalue weighted by atomic mass is 10.2. The Morgan fingerprint density at radius 3 is 2.65 bits per heavy atom. The van der Waals surface area contributed by atoms with E-state index < -0.39 is 0 Å². The summed E-state index contributed by atoms with van der Waals surface area (Å²) in [6, 6.07) is 0. The van der Waals surface area contributed by atoms with Gasteiger partial charge in [0.1, 0.15) is 6.61 Å². The van der Waals surface area contributed by atoms with Crippen LogP contribution >= 0.6 is 0 Å². The minimum atomic E-state index is -0.151. The van der Waals surface area contributed by atoms with Gasteiger partial charge < -0.3 is 15.0 Å². The molecular formula is C11H21N5O. The molecule has 2 rings (SSSR count). The number of nitrogens with zero attached hydrogens (tertiary/aromatic N) is 3. The van der Waals surface area contributed by atoms with E-state index in [-0.39, 0.29) is 5.60 Å². The molecule has 6 nitrogen and oxygen atoms in total. The van der Waals surface area contributed by atoms with Crippen molar-refractivity contribution in [3.05, 3.63) is 5.82 Å². The van der Waals surface area contributed by atoms with Crippen molar-refractivity contribution in [2.45, 2.75) is 33.0 Å². The van der Waals surface area contributed by atoms with E-state index in [1.54, 1.807) is 0 Å². The molecule has 0 bridgehead atoms. The molecule has 1 saturated heterocycles. The topological polar surface area (TPSA) is 66.1 Å². The smallest absolute Gasteiger partial charge is 0.244 e. The van der Waals surface area contributed by atoms with Crippen LogP contribution in [0.25, 0.3) is 0 Å². The summed E-state index contributed by atoms with van der Waals surface area (Å²) in [7, 11) is 0. The molecule has 1 aromatic rings. The van der Waals surface area contributed by atoms with E-state index in [1.807, 2.05) is 20.8 Å². The summed E-state index contributed by atoms with van der Waals surface area (Å²) >= 11 is 0. The lowest BCUT2D eigenvalue weighted by Crippen LogP contribution is -2.44. The van der Waals surface area contributed by atoms with Crippen LogP contribution in [0.1, 0.15) is 26.6 Å². The van der Waals surface area contributed by atoms with Gasteiger partial charge in [0.05, 0.1) is 5.60 Å². The Hall–Kier alpha value is -1.14. The summed E-state index contributed by atoms with van der Waals surface area (Å²) in [5.41, 5.74) is -0.151. The highest BCUT2D eigenvalue weighted by Gasteiger charge is 2.16. The van der Waals surface area contributed by atoms with Crippen molar-refractivity contribution in [2.24, 2.45) is 0 Å². The van der Waals surface area contributed by atoms with Crippen LogP contribution in [0.15, 0.2) is 0 Å². The fourth-order valence-electron chi connectivity index (χ4n) is 1.64. The van der Waals surface area contributed by atoms with Crippen LogP contribution in [-0.4, -0.2) is 47.0 Å². The first-order valence-electron chi connectivity index (χ1n) is 6.05. The Balaban J connectivity index is 1.91. The molecule has 0 unspecified atom stereocenters. The van der Waals surface area contributed by atoms with Gasteiger partial charge in [0, 0.05) is 26.2 Å². The first kappa shape index (κ1) is 12.3. The number of aromatic nitrogens is 3. The Bertz CT molecular complexity index is 351. The van der Waals surface area contributed by atoms with Crippen LogP contribution in [-0.2, 0) is 11.3 Å². The third-order valence-electron chi connectivity index (χ3n) is 2.56. The molecular weight excluding hydrogens is 218 g/mol. The van der Waals surface area contributed by atoms with Gasteiger partial charge in [-0.25, -0.2) is 0 Å². The average molecular weight is 239 g/mol. The van der Waals surface area contributed by atoms with E-state index in [0.29, 0.717) is 6.61 Å². The predicted octanol–water partition coefficient (Wildman–Crippen LogP) is 0.529. The molecule has 0 amide bonds. The van der Waals surface area contributed by atoms with Gasteiger partial charge in [-0.05, 0) is 20.8 Å². The molecule has 0 saturated carbocycles. The Labute approximate surface area is 102 Å². The molecule has 0 spiro atoms. The molecule has 0 aromatic carbocycles. The largest absolute Gasteiger partial charge is 0.368 e. The zero-order chi connectivity index (χ0) is 12.3. The van der Waals surface area contributed by atoms with Crippen LogP contribution in [0.5, 0.6) is 0 Å². The van der Waals surface area contributed by atoms with Gasteiger partial charge >= 0.3 is 0 Å². The standard InChI is InChI=1S/C11H21N5O/c1-11(2,3)17-8-9-13-10(15-14-9)16-6-4-12-5-7-16/h12H,4-8H2,1-3H3,(H,13,14,15). The Morgan fingerprint density at radius 1 is 1.29 bits per heavy atom. The second-order valence-electron chi connectivity index (χ2n) is 5.22. The number of rotatable bonds is 3. The second-order valence-corrected chi connectivity index (χ2v) is 5.22. The molecule has 6 heteroatoms. The van der Waals surface area contributed by atoms with Crippen LogP contribution in [0.3, 0.4) is 0 Å². The SMILES string of the molecule is CC(C)(C)OCc1nc(N2CCNCC2)n[nH]1. The first-order chi connectivity index (χ1) is 8.04. The van der Waals surface area contributed by atoms with Gasteiger partial charge in [0.25, 0.3) is 0 Å². The summed E-state index contributed by atoms with van der Waals surface area (Å²) < 4.78 is 5.65. The number of piperazine rings is 1. The summed E-state index contributed by atoms with van der Waals surface area (Å²) in [5, 5.41) is 10.5. The number of ether oxygens (including phenoxy) is 1. The van der Waals surface area contributed by atoms with Crippen molar-refractivity contribution in [1.29, 1.82) is 0 Å². The number of hydrogen-bond donors (Lipinski definition) is 2. The van der Waals surface area contributed by atoms with Gasteiger partial charge in [-0.1, -0.05) is 0 Å². The van der Waals surface area contributed by atoms with Crippen molar-refractivity contribution < 1.29 is 4.74 Å². The zero-order valence-electron chi connectivity index (χ0n) is 10.8. The third kappa shape index (κ3) is 3.67. The first-order valence-corrected chi connectivity index (χ1v) is 6.05. The van der Waals surface area contributed by atoms with Crippen LogP contribution in [0.2, 0.25) is 0 Å². The molecule has 2 N–H and O–H groups in total. The van der Waals surface area contributed by atoms with Crippen LogP contribution in [0.4, 0.5) is 5.95 Å². The number of H-pyrrole nitrogens is 1. The van der Waals surface area contributed by atoms with E-state index in [4.69, 9.17) is 4.74 Å². The van der Waals surface area contributed by atoms with E-state index in [2.05, 4.69) is 25.4 Å². The third-order valence-corrected chi connectivity index (χ3v) is 2.56. The van der Waals surface area contributed by atoms with Gasteiger partial charge in [-0.15, -0.1) is 5.10 Å². The molecule has 2 heterocycles. The van der Waals surface area contributed by atoms with Gasteiger partial charge in [-0.2, -0.15) is 4.98 Å². The summed E-state index contributed by atoms with van der Waals surface area (Å²) in [4.78, 5) is 6.62.